The summed E-state index contributed by atoms with van der Waals surface area (Å²) in [5, 5.41) is 10.2. The number of ether oxygens (including phenoxy) is 1. The molecule has 2 aromatic heterocycles. The van der Waals surface area contributed by atoms with Gasteiger partial charge in [-0.15, -0.1) is 11.3 Å². The third-order valence-electron chi connectivity index (χ3n) is 3.93. The Hall–Kier alpha value is -2.45. The van der Waals surface area contributed by atoms with Crippen molar-refractivity contribution in [3.8, 4) is 17.7 Å². The first-order chi connectivity index (χ1) is 10.9. The number of fused-ring (bicyclic) bond motifs is 3. The molecule has 0 N–H and O–H groups in total. The molecule has 0 aliphatic heterocycles. The Morgan fingerprint density at radius 2 is 2.00 bits per heavy atom. The SMILES string of the molecule is N#Cc1ccccc1Oc1ncnc2sc3c(c12)CCCC3. The second-order valence-corrected chi connectivity index (χ2v) is 6.36. The van der Waals surface area contributed by atoms with E-state index in [9.17, 15) is 5.26 Å². The molecule has 0 saturated carbocycles. The molecule has 22 heavy (non-hydrogen) atoms. The van der Waals surface area contributed by atoms with Gasteiger partial charge in [0.2, 0.25) is 5.88 Å². The molecule has 108 valence electrons. The van der Waals surface area contributed by atoms with Crippen molar-refractivity contribution in [1.82, 2.24) is 9.97 Å². The summed E-state index contributed by atoms with van der Waals surface area (Å²) < 4.78 is 5.97. The van der Waals surface area contributed by atoms with E-state index >= 15 is 0 Å². The smallest absolute Gasteiger partial charge is 0.231 e. The molecule has 0 atom stereocenters. The van der Waals surface area contributed by atoms with Crippen LogP contribution in [0.1, 0.15) is 28.8 Å². The lowest BCUT2D eigenvalue weighted by molar-refractivity contribution is 0.466. The number of hydrogen-bond donors (Lipinski definition) is 0. The maximum absolute atomic E-state index is 9.20. The molecular weight excluding hydrogens is 294 g/mol. The molecule has 4 rings (SSSR count). The molecule has 0 spiro atoms. The van der Waals surface area contributed by atoms with Crippen LogP contribution in [0.3, 0.4) is 0 Å². The lowest BCUT2D eigenvalue weighted by atomic mass is 9.97. The molecule has 1 aromatic carbocycles. The van der Waals surface area contributed by atoms with E-state index in [1.54, 1.807) is 23.5 Å². The van der Waals surface area contributed by atoms with Gasteiger partial charge in [-0.2, -0.15) is 5.26 Å². The Labute approximate surface area is 132 Å². The molecule has 0 bridgehead atoms. The highest BCUT2D eigenvalue weighted by atomic mass is 32.1. The highest BCUT2D eigenvalue weighted by molar-refractivity contribution is 7.18. The van der Waals surface area contributed by atoms with Gasteiger partial charge in [0.05, 0.1) is 10.9 Å². The number of aryl methyl sites for hydroxylation is 2. The normalized spacial score (nSPS) is 13.6. The van der Waals surface area contributed by atoms with E-state index in [1.807, 2.05) is 12.1 Å². The minimum Gasteiger partial charge on any atom is -0.437 e. The monoisotopic (exact) mass is 307 g/mol. The third-order valence-corrected chi connectivity index (χ3v) is 5.13. The molecule has 0 radical (unpaired) electrons. The standard InChI is InChI=1S/C17H13N3OS/c18-9-11-5-1-3-7-13(11)21-16-15-12-6-2-4-8-14(12)22-17(15)20-10-19-16/h1,3,5,7,10H,2,4,6,8H2. The first kappa shape index (κ1) is 13.2. The van der Waals surface area contributed by atoms with Crippen LogP contribution in [0.25, 0.3) is 10.2 Å². The highest BCUT2D eigenvalue weighted by Gasteiger charge is 2.21. The maximum atomic E-state index is 9.20. The van der Waals surface area contributed by atoms with E-state index in [2.05, 4.69) is 16.0 Å². The van der Waals surface area contributed by atoms with Gasteiger partial charge >= 0.3 is 0 Å². The van der Waals surface area contributed by atoms with Gasteiger partial charge in [0, 0.05) is 4.88 Å². The molecule has 4 nitrogen and oxygen atoms in total. The molecule has 3 aromatic rings. The van der Waals surface area contributed by atoms with Gasteiger partial charge in [-0.25, -0.2) is 9.97 Å². The van der Waals surface area contributed by atoms with Crippen molar-refractivity contribution in [2.24, 2.45) is 0 Å². The quantitative estimate of drug-likeness (QED) is 0.710. The van der Waals surface area contributed by atoms with Crippen LogP contribution in [0.5, 0.6) is 11.6 Å². The summed E-state index contributed by atoms with van der Waals surface area (Å²) in [5.74, 6) is 1.10. The van der Waals surface area contributed by atoms with Crippen LogP contribution in [0.2, 0.25) is 0 Å². The van der Waals surface area contributed by atoms with Crippen molar-refractivity contribution >= 4 is 21.6 Å². The zero-order valence-electron chi connectivity index (χ0n) is 11.9. The Bertz CT molecular complexity index is 895. The summed E-state index contributed by atoms with van der Waals surface area (Å²) in [4.78, 5) is 11.1. The molecule has 5 heteroatoms. The van der Waals surface area contributed by atoms with E-state index in [0.29, 0.717) is 17.2 Å². The van der Waals surface area contributed by atoms with Crippen molar-refractivity contribution < 1.29 is 4.74 Å². The zero-order chi connectivity index (χ0) is 14.9. The summed E-state index contributed by atoms with van der Waals surface area (Å²) in [5.41, 5.74) is 1.84. The van der Waals surface area contributed by atoms with Crippen LogP contribution in [-0.2, 0) is 12.8 Å². The van der Waals surface area contributed by atoms with Gasteiger partial charge in [0.1, 0.15) is 23.0 Å². The summed E-state index contributed by atoms with van der Waals surface area (Å²) >= 11 is 1.74. The van der Waals surface area contributed by atoms with E-state index < -0.39 is 0 Å². The van der Waals surface area contributed by atoms with Crippen LogP contribution in [0.15, 0.2) is 30.6 Å². The highest BCUT2D eigenvalue weighted by Crippen LogP contribution is 2.40. The fraction of sp³-hybridized carbons (Fsp3) is 0.235. The predicted octanol–water partition coefficient (Wildman–Crippen LogP) is 4.23. The van der Waals surface area contributed by atoms with Crippen LogP contribution in [0.4, 0.5) is 0 Å². The van der Waals surface area contributed by atoms with Crippen molar-refractivity contribution in [3.63, 3.8) is 0 Å². The molecule has 2 heterocycles. The van der Waals surface area contributed by atoms with Crippen molar-refractivity contribution in [2.75, 3.05) is 0 Å². The van der Waals surface area contributed by atoms with Crippen LogP contribution < -0.4 is 4.74 Å². The average Bonchev–Trinajstić information content (AvgIpc) is 2.95. The molecule has 1 aliphatic rings. The Morgan fingerprint density at radius 1 is 1.14 bits per heavy atom. The van der Waals surface area contributed by atoms with Gasteiger partial charge in [-0.3, -0.25) is 0 Å². The number of hydrogen-bond acceptors (Lipinski definition) is 5. The molecule has 0 saturated heterocycles. The lowest BCUT2D eigenvalue weighted by Gasteiger charge is -2.12. The third kappa shape index (κ3) is 2.13. The summed E-state index contributed by atoms with van der Waals surface area (Å²) in [7, 11) is 0. The van der Waals surface area contributed by atoms with Crippen LogP contribution in [0, 0.1) is 11.3 Å². The topological polar surface area (TPSA) is 58.8 Å². The van der Waals surface area contributed by atoms with Crippen molar-refractivity contribution in [3.05, 3.63) is 46.6 Å². The van der Waals surface area contributed by atoms with Gasteiger partial charge in [0.25, 0.3) is 0 Å². The number of rotatable bonds is 2. The number of benzene rings is 1. The Balaban J connectivity index is 1.85. The first-order valence-electron chi connectivity index (χ1n) is 7.29. The summed E-state index contributed by atoms with van der Waals surface area (Å²) in [6.45, 7) is 0. The first-order valence-corrected chi connectivity index (χ1v) is 8.10. The lowest BCUT2D eigenvalue weighted by Crippen LogP contribution is -1.99. The minimum absolute atomic E-state index is 0.512. The van der Waals surface area contributed by atoms with Gasteiger partial charge < -0.3 is 4.74 Å². The average molecular weight is 307 g/mol. The number of aromatic nitrogens is 2. The number of para-hydroxylation sites is 1. The van der Waals surface area contributed by atoms with E-state index in [4.69, 9.17) is 4.74 Å². The second kappa shape index (κ2) is 5.39. The summed E-state index contributed by atoms with van der Waals surface area (Å²) in [6, 6.07) is 9.38. The van der Waals surface area contributed by atoms with Crippen LogP contribution >= 0.6 is 11.3 Å². The molecule has 0 amide bonds. The fourth-order valence-electron chi connectivity index (χ4n) is 2.89. The second-order valence-electron chi connectivity index (χ2n) is 5.28. The van der Waals surface area contributed by atoms with E-state index in [-0.39, 0.29) is 0 Å². The number of nitriles is 1. The van der Waals surface area contributed by atoms with Gasteiger partial charge in [0.15, 0.2) is 0 Å². The van der Waals surface area contributed by atoms with Gasteiger partial charge in [-0.05, 0) is 43.4 Å². The van der Waals surface area contributed by atoms with Crippen molar-refractivity contribution in [1.29, 1.82) is 5.26 Å². The molecule has 0 unspecified atom stereocenters. The van der Waals surface area contributed by atoms with Crippen molar-refractivity contribution in [2.45, 2.75) is 25.7 Å². The Morgan fingerprint density at radius 3 is 2.91 bits per heavy atom. The van der Waals surface area contributed by atoms with Gasteiger partial charge in [-0.1, -0.05) is 12.1 Å². The minimum atomic E-state index is 0.512. The van der Waals surface area contributed by atoms with Crippen LogP contribution in [-0.4, -0.2) is 9.97 Å². The molecule has 1 aliphatic carbocycles. The van der Waals surface area contributed by atoms with E-state index in [1.165, 1.54) is 29.6 Å². The fourth-order valence-corrected chi connectivity index (χ4v) is 4.11. The Kier molecular flexibility index (Phi) is 3.24. The zero-order valence-corrected chi connectivity index (χ0v) is 12.7. The molecule has 0 fully saturated rings. The summed E-state index contributed by atoms with van der Waals surface area (Å²) in [6.07, 6.45) is 6.14. The van der Waals surface area contributed by atoms with E-state index in [0.717, 1.165) is 23.1 Å². The maximum Gasteiger partial charge on any atom is 0.231 e. The number of nitrogens with zero attached hydrogens (tertiary/aromatic N) is 3. The molecular formula is C17H13N3OS. The number of thiophene rings is 1. The predicted molar refractivity (Wildman–Crippen MR) is 85.3 cm³/mol. The largest absolute Gasteiger partial charge is 0.437 e.